The van der Waals surface area contributed by atoms with Gasteiger partial charge in [0.25, 0.3) is 0 Å². The van der Waals surface area contributed by atoms with Crippen LogP contribution in [0.4, 0.5) is 5.13 Å². The number of aromatic nitrogens is 1. The summed E-state index contributed by atoms with van der Waals surface area (Å²) < 4.78 is 5.40. The largest absolute Gasteiger partial charge is 0.481 e. The minimum atomic E-state index is -0.761. The van der Waals surface area contributed by atoms with E-state index in [4.69, 9.17) is 9.84 Å². The van der Waals surface area contributed by atoms with Crippen molar-refractivity contribution in [3.8, 4) is 0 Å². The summed E-state index contributed by atoms with van der Waals surface area (Å²) in [6, 6.07) is 0. The second kappa shape index (κ2) is 6.86. The van der Waals surface area contributed by atoms with Gasteiger partial charge < -0.3 is 15.2 Å². The van der Waals surface area contributed by atoms with Crippen LogP contribution in [-0.4, -0.2) is 35.8 Å². The van der Waals surface area contributed by atoms with Crippen LogP contribution in [0.15, 0.2) is 0 Å². The summed E-state index contributed by atoms with van der Waals surface area (Å²) in [5.74, 6) is -1.17. The first-order valence-corrected chi connectivity index (χ1v) is 7.58. The highest BCUT2D eigenvalue weighted by Crippen LogP contribution is 2.38. The molecule has 19 heavy (non-hydrogen) atoms. The molecule has 1 atom stereocenters. The first kappa shape index (κ1) is 14.3. The van der Waals surface area contributed by atoms with Crippen molar-refractivity contribution in [3.63, 3.8) is 0 Å². The van der Waals surface area contributed by atoms with Gasteiger partial charge in [-0.3, -0.25) is 4.79 Å². The molecule has 106 valence electrons. The molecule has 5 nitrogen and oxygen atoms in total. The van der Waals surface area contributed by atoms with Gasteiger partial charge in [-0.25, -0.2) is 4.98 Å². The predicted molar refractivity (Wildman–Crippen MR) is 75.0 cm³/mol. The zero-order valence-electron chi connectivity index (χ0n) is 11.1. The second-order valence-electron chi connectivity index (χ2n) is 4.65. The lowest BCUT2D eigenvalue weighted by atomic mass is 10.1. The van der Waals surface area contributed by atoms with Crippen LogP contribution < -0.4 is 5.32 Å². The van der Waals surface area contributed by atoms with E-state index in [1.165, 1.54) is 0 Å². The minimum Gasteiger partial charge on any atom is -0.481 e. The monoisotopic (exact) mass is 284 g/mol. The van der Waals surface area contributed by atoms with E-state index in [-0.39, 0.29) is 0 Å². The predicted octanol–water partition coefficient (Wildman–Crippen LogP) is 2.49. The van der Waals surface area contributed by atoms with E-state index < -0.39 is 11.9 Å². The van der Waals surface area contributed by atoms with Crippen LogP contribution in [0.25, 0.3) is 0 Å². The molecule has 0 bridgehead atoms. The summed E-state index contributed by atoms with van der Waals surface area (Å²) in [7, 11) is 0. The lowest BCUT2D eigenvalue weighted by Gasteiger charge is -2.04. The third kappa shape index (κ3) is 3.67. The van der Waals surface area contributed by atoms with Gasteiger partial charge in [0, 0.05) is 24.6 Å². The molecule has 2 rings (SSSR count). The Bertz CT molecular complexity index is 434. The van der Waals surface area contributed by atoms with Crippen molar-refractivity contribution in [1.29, 1.82) is 0 Å². The number of hydrogen-bond acceptors (Lipinski definition) is 5. The third-order valence-electron chi connectivity index (χ3n) is 3.11. The van der Waals surface area contributed by atoms with Gasteiger partial charge >= 0.3 is 5.97 Å². The van der Waals surface area contributed by atoms with Crippen LogP contribution in [0.5, 0.6) is 0 Å². The molecule has 1 aliphatic rings. The Morgan fingerprint density at radius 3 is 3.16 bits per heavy atom. The maximum atomic E-state index is 11.1. The Hall–Kier alpha value is -1.14. The highest BCUT2D eigenvalue weighted by atomic mass is 32.1. The molecule has 0 fully saturated rings. The first-order valence-electron chi connectivity index (χ1n) is 6.76. The SMILES string of the molecule is CCCOCCCNc1nc2c(s1)CCC2C(=O)O. The van der Waals surface area contributed by atoms with E-state index in [1.54, 1.807) is 11.3 Å². The maximum Gasteiger partial charge on any atom is 0.312 e. The van der Waals surface area contributed by atoms with Crippen LogP contribution >= 0.6 is 11.3 Å². The molecule has 2 N–H and O–H groups in total. The number of carboxylic acid groups (broad SMARTS) is 1. The molecule has 1 aliphatic carbocycles. The summed E-state index contributed by atoms with van der Waals surface area (Å²) in [5, 5.41) is 13.2. The van der Waals surface area contributed by atoms with Gasteiger partial charge in [0.05, 0.1) is 5.69 Å². The highest BCUT2D eigenvalue weighted by molar-refractivity contribution is 7.15. The molecule has 1 aromatic rings. The number of carbonyl (C=O) groups is 1. The normalized spacial score (nSPS) is 17.4. The minimum absolute atomic E-state index is 0.408. The van der Waals surface area contributed by atoms with Crippen LogP contribution in [0.3, 0.4) is 0 Å². The highest BCUT2D eigenvalue weighted by Gasteiger charge is 2.32. The van der Waals surface area contributed by atoms with Gasteiger partial charge in [0.2, 0.25) is 0 Å². The number of thiazole rings is 1. The topological polar surface area (TPSA) is 71.5 Å². The zero-order chi connectivity index (χ0) is 13.7. The molecule has 0 saturated carbocycles. The number of ether oxygens (including phenoxy) is 1. The summed E-state index contributed by atoms with van der Waals surface area (Å²) in [6.07, 6.45) is 3.51. The molecule has 6 heteroatoms. The number of hydrogen-bond donors (Lipinski definition) is 2. The van der Waals surface area contributed by atoms with Crippen LogP contribution in [0.2, 0.25) is 0 Å². The van der Waals surface area contributed by atoms with E-state index >= 15 is 0 Å². The number of nitrogens with zero attached hydrogens (tertiary/aromatic N) is 1. The molecule has 0 amide bonds. The van der Waals surface area contributed by atoms with E-state index in [0.717, 1.165) is 54.7 Å². The Morgan fingerprint density at radius 2 is 2.42 bits per heavy atom. The van der Waals surface area contributed by atoms with Crippen LogP contribution in [-0.2, 0) is 16.0 Å². The van der Waals surface area contributed by atoms with Crippen molar-refractivity contribution < 1.29 is 14.6 Å². The molecular weight excluding hydrogens is 264 g/mol. The van der Waals surface area contributed by atoms with E-state index in [1.807, 2.05) is 0 Å². The van der Waals surface area contributed by atoms with Gasteiger partial charge in [-0.2, -0.15) is 0 Å². The number of carboxylic acids is 1. The first-order chi connectivity index (χ1) is 9.22. The molecule has 1 unspecified atom stereocenters. The van der Waals surface area contributed by atoms with Gasteiger partial charge in [0.15, 0.2) is 5.13 Å². The van der Waals surface area contributed by atoms with E-state index in [2.05, 4.69) is 17.2 Å². The molecule has 0 spiro atoms. The molecular formula is C13H20N2O3S. The summed E-state index contributed by atoms with van der Waals surface area (Å²) in [4.78, 5) is 16.6. The molecule has 0 radical (unpaired) electrons. The average molecular weight is 284 g/mol. The molecule has 0 saturated heterocycles. The number of fused-ring (bicyclic) bond motifs is 1. The van der Waals surface area contributed by atoms with Gasteiger partial charge in [-0.05, 0) is 25.7 Å². The van der Waals surface area contributed by atoms with Crippen LogP contribution in [0, 0.1) is 0 Å². The number of aryl methyl sites for hydroxylation is 1. The molecule has 0 aromatic carbocycles. The maximum absolute atomic E-state index is 11.1. The molecule has 1 heterocycles. The van der Waals surface area contributed by atoms with Crippen molar-refractivity contribution in [2.45, 2.75) is 38.5 Å². The lowest BCUT2D eigenvalue weighted by Crippen LogP contribution is -2.09. The van der Waals surface area contributed by atoms with Crippen molar-refractivity contribution >= 4 is 22.4 Å². The van der Waals surface area contributed by atoms with Gasteiger partial charge in [0.1, 0.15) is 5.92 Å². The van der Waals surface area contributed by atoms with E-state index in [0.29, 0.717) is 6.42 Å². The fourth-order valence-corrected chi connectivity index (χ4v) is 3.22. The fraction of sp³-hybridized carbons (Fsp3) is 0.692. The smallest absolute Gasteiger partial charge is 0.312 e. The van der Waals surface area contributed by atoms with Gasteiger partial charge in [-0.1, -0.05) is 6.92 Å². The molecule has 0 aliphatic heterocycles. The van der Waals surface area contributed by atoms with Gasteiger partial charge in [-0.15, -0.1) is 11.3 Å². The fourth-order valence-electron chi connectivity index (χ4n) is 2.16. The number of nitrogens with one attached hydrogen (secondary N) is 1. The van der Waals surface area contributed by atoms with Crippen molar-refractivity contribution in [2.75, 3.05) is 25.1 Å². The molecule has 1 aromatic heterocycles. The van der Waals surface area contributed by atoms with E-state index in [9.17, 15) is 4.79 Å². The number of anilines is 1. The Balaban J connectivity index is 1.77. The second-order valence-corrected chi connectivity index (χ2v) is 5.73. The van der Waals surface area contributed by atoms with Crippen molar-refractivity contribution in [1.82, 2.24) is 4.98 Å². The van der Waals surface area contributed by atoms with Crippen molar-refractivity contribution in [3.05, 3.63) is 10.6 Å². The van der Waals surface area contributed by atoms with Crippen LogP contribution in [0.1, 0.15) is 42.7 Å². The Labute approximate surface area is 117 Å². The summed E-state index contributed by atoms with van der Waals surface area (Å²) in [5.41, 5.74) is 0.766. The number of rotatable bonds is 8. The number of aliphatic carboxylic acids is 1. The standard InChI is InChI=1S/C13H20N2O3S/c1-2-7-18-8-3-6-14-13-15-11-9(12(16)17)4-5-10(11)19-13/h9H,2-8H2,1H3,(H,14,15)(H,16,17). The lowest BCUT2D eigenvalue weighted by molar-refractivity contribution is -0.138. The summed E-state index contributed by atoms with van der Waals surface area (Å²) >= 11 is 1.59. The Morgan fingerprint density at radius 1 is 1.58 bits per heavy atom. The Kier molecular flexibility index (Phi) is 5.15. The van der Waals surface area contributed by atoms with Crippen molar-refractivity contribution in [2.24, 2.45) is 0 Å². The quantitative estimate of drug-likeness (QED) is 0.718. The average Bonchev–Trinajstić information content (AvgIpc) is 2.92. The third-order valence-corrected chi connectivity index (χ3v) is 4.19. The zero-order valence-corrected chi connectivity index (χ0v) is 12.0. The summed E-state index contributed by atoms with van der Waals surface area (Å²) in [6.45, 7) is 4.47.